The first-order valence-electron chi connectivity index (χ1n) is 7.59. The van der Waals surface area contributed by atoms with Crippen molar-refractivity contribution in [2.24, 2.45) is 0 Å². The number of benzene rings is 2. The second kappa shape index (κ2) is 7.12. The van der Waals surface area contributed by atoms with E-state index in [2.05, 4.69) is 44.3 Å². The van der Waals surface area contributed by atoms with Crippen molar-refractivity contribution >= 4 is 11.7 Å². The maximum atomic E-state index is 10.5. The van der Waals surface area contributed by atoms with Gasteiger partial charge in [-0.15, -0.1) is 0 Å². The minimum Gasteiger partial charge on any atom is -0.480 e. The van der Waals surface area contributed by atoms with Gasteiger partial charge in [-0.25, -0.2) is 0 Å². The summed E-state index contributed by atoms with van der Waals surface area (Å²) in [6.45, 7) is 6.53. The van der Waals surface area contributed by atoms with Crippen molar-refractivity contribution in [2.75, 3.05) is 11.9 Å². The second-order valence-corrected chi connectivity index (χ2v) is 5.97. The summed E-state index contributed by atoms with van der Waals surface area (Å²) in [5.41, 5.74) is 6.10. The summed E-state index contributed by atoms with van der Waals surface area (Å²) < 4.78 is 0. The molecule has 0 bridgehead atoms. The normalized spacial score (nSPS) is 10.7. The molecule has 3 heteroatoms. The molecule has 0 heterocycles. The largest absolute Gasteiger partial charge is 0.480 e. The van der Waals surface area contributed by atoms with Crippen molar-refractivity contribution in [3.8, 4) is 0 Å². The van der Waals surface area contributed by atoms with Gasteiger partial charge in [0.25, 0.3) is 0 Å². The fraction of sp³-hybridized carbons (Fsp3) is 0.316. The third-order valence-electron chi connectivity index (χ3n) is 3.77. The Labute approximate surface area is 132 Å². The molecule has 0 unspecified atom stereocenters. The molecular weight excluding hydrogens is 274 g/mol. The average Bonchev–Trinajstić information content (AvgIpc) is 2.48. The summed E-state index contributed by atoms with van der Waals surface area (Å²) >= 11 is 0. The zero-order valence-corrected chi connectivity index (χ0v) is 13.4. The minimum atomic E-state index is -0.857. The van der Waals surface area contributed by atoms with E-state index < -0.39 is 5.97 Å². The third kappa shape index (κ3) is 4.35. The first kappa shape index (κ1) is 16.1. The lowest BCUT2D eigenvalue weighted by atomic mass is 9.93. The maximum absolute atomic E-state index is 10.5. The van der Waals surface area contributed by atoms with Gasteiger partial charge in [-0.05, 0) is 53.6 Å². The number of aliphatic carboxylic acids is 1. The molecule has 0 radical (unpaired) electrons. The van der Waals surface area contributed by atoms with Crippen molar-refractivity contribution in [3.05, 3.63) is 64.7 Å². The van der Waals surface area contributed by atoms with Crippen molar-refractivity contribution < 1.29 is 9.90 Å². The highest BCUT2D eigenvalue weighted by Gasteiger charge is 2.05. The number of rotatable bonds is 6. The first-order chi connectivity index (χ1) is 10.5. The van der Waals surface area contributed by atoms with Crippen LogP contribution < -0.4 is 5.32 Å². The quantitative estimate of drug-likeness (QED) is 0.840. The number of nitrogens with one attached hydrogen (secondary N) is 1. The first-order valence-corrected chi connectivity index (χ1v) is 7.59. The number of aryl methyl sites for hydroxylation is 1. The summed E-state index contributed by atoms with van der Waals surface area (Å²) in [5.74, 6) is -0.326. The predicted molar refractivity (Wildman–Crippen MR) is 90.6 cm³/mol. The van der Waals surface area contributed by atoms with E-state index in [1.807, 2.05) is 24.3 Å². The van der Waals surface area contributed by atoms with Crippen molar-refractivity contribution in [2.45, 2.75) is 33.1 Å². The summed E-state index contributed by atoms with van der Waals surface area (Å²) in [4.78, 5) is 10.5. The molecule has 2 aromatic carbocycles. The van der Waals surface area contributed by atoms with Gasteiger partial charge in [0.2, 0.25) is 0 Å². The standard InChI is InChI=1S/C19H23NO2/c1-13(2)18-11-16(5-4-14(18)3)10-15-6-8-17(9-7-15)20-12-19(21)22/h4-9,11,13,20H,10,12H2,1-3H3,(H,21,22). The highest BCUT2D eigenvalue weighted by Crippen LogP contribution is 2.22. The summed E-state index contributed by atoms with van der Waals surface area (Å²) in [6.07, 6.45) is 0.888. The van der Waals surface area contributed by atoms with Gasteiger partial charge < -0.3 is 10.4 Å². The molecule has 0 saturated carbocycles. The predicted octanol–water partition coefficient (Wildman–Crippen LogP) is 4.21. The molecule has 0 aliphatic rings. The molecule has 116 valence electrons. The Morgan fingerprint density at radius 3 is 2.32 bits per heavy atom. The van der Waals surface area contributed by atoms with Crippen LogP contribution in [0.25, 0.3) is 0 Å². The van der Waals surface area contributed by atoms with Crippen LogP contribution in [0, 0.1) is 6.92 Å². The second-order valence-electron chi connectivity index (χ2n) is 5.97. The van der Waals surface area contributed by atoms with E-state index in [-0.39, 0.29) is 6.54 Å². The van der Waals surface area contributed by atoms with Crippen LogP contribution in [0.4, 0.5) is 5.69 Å². The van der Waals surface area contributed by atoms with Gasteiger partial charge >= 0.3 is 5.97 Å². The lowest BCUT2D eigenvalue weighted by Gasteiger charge is -2.12. The zero-order valence-electron chi connectivity index (χ0n) is 13.4. The maximum Gasteiger partial charge on any atom is 0.322 e. The molecule has 0 saturated heterocycles. The molecule has 0 aliphatic carbocycles. The van der Waals surface area contributed by atoms with E-state index in [0.717, 1.165) is 12.1 Å². The highest BCUT2D eigenvalue weighted by molar-refractivity contribution is 5.72. The Morgan fingerprint density at radius 2 is 1.73 bits per heavy atom. The summed E-state index contributed by atoms with van der Waals surface area (Å²) in [6, 6.07) is 14.6. The number of anilines is 1. The molecule has 2 rings (SSSR count). The SMILES string of the molecule is Cc1ccc(Cc2ccc(NCC(=O)O)cc2)cc1C(C)C. The molecule has 0 fully saturated rings. The number of hydrogen-bond donors (Lipinski definition) is 2. The molecule has 2 N–H and O–H groups in total. The smallest absolute Gasteiger partial charge is 0.322 e. The highest BCUT2D eigenvalue weighted by atomic mass is 16.4. The van der Waals surface area contributed by atoms with Crippen molar-refractivity contribution in [1.82, 2.24) is 0 Å². The van der Waals surface area contributed by atoms with Gasteiger partial charge in [0.1, 0.15) is 6.54 Å². The van der Waals surface area contributed by atoms with Crippen LogP contribution in [-0.4, -0.2) is 17.6 Å². The lowest BCUT2D eigenvalue weighted by Crippen LogP contribution is -2.12. The molecule has 2 aromatic rings. The Balaban J connectivity index is 2.07. The van der Waals surface area contributed by atoms with Crippen LogP contribution in [0.1, 0.15) is 42.0 Å². The number of carboxylic acids is 1. The zero-order chi connectivity index (χ0) is 16.1. The van der Waals surface area contributed by atoms with E-state index in [9.17, 15) is 4.79 Å². The minimum absolute atomic E-state index is 0.0605. The van der Waals surface area contributed by atoms with E-state index in [1.165, 1.54) is 22.3 Å². The van der Waals surface area contributed by atoms with Crippen LogP contribution in [0.2, 0.25) is 0 Å². The number of carbonyl (C=O) groups is 1. The number of hydrogen-bond acceptors (Lipinski definition) is 2. The Morgan fingerprint density at radius 1 is 1.09 bits per heavy atom. The fourth-order valence-electron chi connectivity index (χ4n) is 2.58. The van der Waals surface area contributed by atoms with Gasteiger partial charge in [0.05, 0.1) is 0 Å². The van der Waals surface area contributed by atoms with Crippen molar-refractivity contribution in [1.29, 1.82) is 0 Å². The summed E-state index contributed by atoms with van der Waals surface area (Å²) in [7, 11) is 0. The Hall–Kier alpha value is -2.29. The van der Waals surface area contributed by atoms with Gasteiger partial charge in [-0.2, -0.15) is 0 Å². The van der Waals surface area contributed by atoms with E-state index >= 15 is 0 Å². The average molecular weight is 297 g/mol. The van der Waals surface area contributed by atoms with E-state index in [4.69, 9.17) is 5.11 Å². The Bertz CT molecular complexity index is 645. The monoisotopic (exact) mass is 297 g/mol. The molecule has 0 aromatic heterocycles. The number of carboxylic acid groups (broad SMARTS) is 1. The van der Waals surface area contributed by atoms with Crippen LogP contribution in [0.5, 0.6) is 0 Å². The van der Waals surface area contributed by atoms with Crippen LogP contribution >= 0.6 is 0 Å². The molecule has 0 amide bonds. The van der Waals surface area contributed by atoms with Crippen LogP contribution in [0.3, 0.4) is 0 Å². The van der Waals surface area contributed by atoms with Crippen molar-refractivity contribution in [3.63, 3.8) is 0 Å². The van der Waals surface area contributed by atoms with E-state index in [0.29, 0.717) is 5.92 Å². The summed E-state index contributed by atoms with van der Waals surface area (Å²) in [5, 5.41) is 11.5. The Kier molecular flexibility index (Phi) is 5.21. The van der Waals surface area contributed by atoms with E-state index in [1.54, 1.807) is 0 Å². The lowest BCUT2D eigenvalue weighted by molar-refractivity contribution is -0.134. The molecule has 22 heavy (non-hydrogen) atoms. The molecule has 0 spiro atoms. The van der Waals surface area contributed by atoms with Gasteiger partial charge in [-0.1, -0.05) is 44.2 Å². The molecule has 0 atom stereocenters. The topological polar surface area (TPSA) is 49.3 Å². The fourth-order valence-corrected chi connectivity index (χ4v) is 2.58. The van der Waals surface area contributed by atoms with Gasteiger partial charge in [0, 0.05) is 5.69 Å². The van der Waals surface area contributed by atoms with Crippen LogP contribution in [0.15, 0.2) is 42.5 Å². The van der Waals surface area contributed by atoms with Gasteiger partial charge in [-0.3, -0.25) is 4.79 Å². The third-order valence-corrected chi connectivity index (χ3v) is 3.77. The van der Waals surface area contributed by atoms with Crippen LogP contribution in [-0.2, 0) is 11.2 Å². The molecule has 3 nitrogen and oxygen atoms in total. The molecular formula is C19H23NO2. The van der Waals surface area contributed by atoms with Gasteiger partial charge in [0.15, 0.2) is 0 Å². The molecule has 0 aliphatic heterocycles.